The number of amides is 2. The number of ether oxygens (including phenoxy) is 1. The summed E-state index contributed by atoms with van der Waals surface area (Å²) in [5.74, 6) is -0.128. The van der Waals surface area contributed by atoms with E-state index in [1.165, 1.54) is 0 Å². The highest BCUT2D eigenvalue weighted by Crippen LogP contribution is 2.17. The van der Waals surface area contributed by atoms with E-state index in [1.54, 1.807) is 48.5 Å². The summed E-state index contributed by atoms with van der Waals surface area (Å²) in [6.45, 7) is 3.87. The Morgan fingerprint density at radius 2 is 1.44 bits per heavy atom. The molecule has 0 aliphatic rings. The maximum absolute atomic E-state index is 11.9. The predicted octanol–water partition coefficient (Wildman–Crippen LogP) is 3.31. The number of nitriles is 1. The number of hydrogen-bond acceptors (Lipinski definition) is 4. The number of hydrogen-bond donors (Lipinski definition) is 2. The number of rotatable bonds is 6. The summed E-state index contributed by atoms with van der Waals surface area (Å²) in [5, 5.41) is 14.0. The second-order valence-corrected chi connectivity index (χ2v) is 5.65. The summed E-state index contributed by atoms with van der Waals surface area (Å²) < 4.78 is 5.52. The zero-order valence-corrected chi connectivity index (χ0v) is 14.1. The van der Waals surface area contributed by atoms with Crippen LogP contribution in [0.15, 0.2) is 48.5 Å². The van der Waals surface area contributed by atoms with Crippen LogP contribution in [0.2, 0.25) is 0 Å². The third-order valence-corrected chi connectivity index (χ3v) is 3.13. The average Bonchev–Trinajstić information content (AvgIpc) is 2.56. The minimum absolute atomic E-state index is 0.0753. The van der Waals surface area contributed by atoms with Crippen molar-refractivity contribution in [1.82, 2.24) is 0 Å². The van der Waals surface area contributed by atoms with Crippen LogP contribution in [-0.2, 0) is 9.59 Å². The molecule has 2 N–H and O–H groups in total. The molecule has 2 aromatic rings. The average molecular weight is 337 g/mol. The molecule has 0 saturated heterocycles. The van der Waals surface area contributed by atoms with Crippen LogP contribution in [0, 0.1) is 11.3 Å². The molecule has 25 heavy (non-hydrogen) atoms. The smallest absolute Gasteiger partial charge is 0.233 e. The highest BCUT2D eigenvalue weighted by molar-refractivity contribution is 6.08. The Balaban J connectivity index is 1.84. The number of carbonyl (C=O) groups is 2. The van der Waals surface area contributed by atoms with Gasteiger partial charge in [0.25, 0.3) is 0 Å². The van der Waals surface area contributed by atoms with Crippen LogP contribution in [0.4, 0.5) is 11.4 Å². The van der Waals surface area contributed by atoms with E-state index in [-0.39, 0.29) is 12.5 Å². The van der Waals surface area contributed by atoms with Gasteiger partial charge in [-0.2, -0.15) is 5.26 Å². The topological polar surface area (TPSA) is 91.2 Å². The van der Waals surface area contributed by atoms with Crippen molar-refractivity contribution in [2.24, 2.45) is 0 Å². The van der Waals surface area contributed by atoms with Crippen molar-refractivity contribution in [3.05, 3.63) is 54.1 Å². The number of benzene rings is 2. The number of carbonyl (C=O) groups excluding carboxylic acids is 2. The second kappa shape index (κ2) is 8.50. The molecule has 6 nitrogen and oxygen atoms in total. The zero-order chi connectivity index (χ0) is 18.2. The van der Waals surface area contributed by atoms with Crippen LogP contribution >= 0.6 is 0 Å². The molecule has 6 heteroatoms. The van der Waals surface area contributed by atoms with E-state index >= 15 is 0 Å². The van der Waals surface area contributed by atoms with E-state index in [2.05, 4.69) is 10.6 Å². The minimum atomic E-state index is -0.429. The SMILES string of the molecule is CC(C)Oc1ccc(NC(=O)CC(=O)Nc2ccc(C#N)cc2)cc1. The number of nitrogens with one attached hydrogen (secondary N) is 2. The molecule has 2 rings (SSSR count). The third-order valence-electron chi connectivity index (χ3n) is 3.13. The normalized spacial score (nSPS) is 10.0. The molecule has 0 fully saturated rings. The summed E-state index contributed by atoms with van der Waals surface area (Å²) >= 11 is 0. The van der Waals surface area contributed by atoms with Gasteiger partial charge in [-0.25, -0.2) is 0 Å². The van der Waals surface area contributed by atoms with E-state index in [4.69, 9.17) is 10.00 Å². The van der Waals surface area contributed by atoms with Crippen LogP contribution in [0.3, 0.4) is 0 Å². The molecule has 0 aliphatic heterocycles. The van der Waals surface area contributed by atoms with Gasteiger partial charge < -0.3 is 15.4 Å². The first-order valence-electron chi connectivity index (χ1n) is 7.83. The highest BCUT2D eigenvalue weighted by atomic mass is 16.5. The zero-order valence-electron chi connectivity index (χ0n) is 14.1. The molecule has 0 heterocycles. The van der Waals surface area contributed by atoms with Crippen LogP contribution in [-0.4, -0.2) is 17.9 Å². The van der Waals surface area contributed by atoms with Crippen LogP contribution in [0.1, 0.15) is 25.8 Å². The first-order valence-corrected chi connectivity index (χ1v) is 7.83. The lowest BCUT2D eigenvalue weighted by atomic mass is 10.2. The van der Waals surface area contributed by atoms with Gasteiger partial charge in [0.05, 0.1) is 17.7 Å². The summed E-state index contributed by atoms with van der Waals surface area (Å²) in [4.78, 5) is 23.8. The van der Waals surface area contributed by atoms with Gasteiger partial charge in [0.15, 0.2) is 0 Å². The van der Waals surface area contributed by atoms with Gasteiger partial charge in [-0.1, -0.05) is 0 Å². The lowest BCUT2D eigenvalue weighted by Crippen LogP contribution is -2.21. The van der Waals surface area contributed by atoms with Gasteiger partial charge >= 0.3 is 0 Å². The Morgan fingerprint density at radius 3 is 1.88 bits per heavy atom. The van der Waals surface area contributed by atoms with Gasteiger partial charge in [0.2, 0.25) is 11.8 Å². The van der Waals surface area contributed by atoms with Crippen molar-refractivity contribution in [3.63, 3.8) is 0 Å². The molecule has 0 atom stereocenters. The van der Waals surface area contributed by atoms with Gasteiger partial charge in [-0.3, -0.25) is 9.59 Å². The maximum Gasteiger partial charge on any atom is 0.233 e. The van der Waals surface area contributed by atoms with E-state index in [9.17, 15) is 9.59 Å². The highest BCUT2D eigenvalue weighted by Gasteiger charge is 2.10. The number of anilines is 2. The quantitative estimate of drug-likeness (QED) is 0.791. The Labute approximate surface area is 146 Å². The van der Waals surface area contributed by atoms with Gasteiger partial charge in [-0.05, 0) is 62.4 Å². The molecule has 0 aliphatic carbocycles. The van der Waals surface area contributed by atoms with E-state index in [0.29, 0.717) is 22.7 Å². The number of nitrogens with zero attached hydrogens (tertiary/aromatic N) is 1. The van der Waals surface area contributed by atoms with Gasteiger partial charge in [0, 0.05) is 11.4 Å². The standard InChI is InChI=1S/C19H19N3O3/c1-13(2)25-17-9-7-16(8-10-17)22-19(24)11-18(23)21-15-5-3-14(12-20)4-6-15/h3-10,13H,11H2,1-2H3,(H,21,23)(H,22,24). The molecule has 0 radical (unpaired) electrons. The van der Waals surface area contributed by atoms with Crippen molar-refractivity contribution >= 4 is 23.2 Å². The molecule has 2 amide bonds. The first-order chi connectivity index (χ1) is 12.0. The first kappa shape index (κ1) is 18.0. The molecule has 0 aromatic heterocycles. The molecule has 0 spiro atoms. The van der Waals surface area contributed by atoms with Crippen molar-refractivity contribution in [1.29, 1.82) is 5.26 Å². The lowest BCUT2D eigenvalue weighted by molar-refractivity contribution is -0.123. The molecule has 0 bridgehead atoms. The molecular weight excluding hydrogens is 318 g/mol. The van der Waals surface area contributed by atoms with E-state index < -0.39 is 11.8 Å². The van der Waals surface area contributed by atoms with Crippen molar-refractivity contribution < 1.29 is 14.3 Å². The maximum atomic E-state index is 11.9. The Hall–Kier alpha value is -3.33. The molecule has 128 valence electrons. The van der Waals surface area contributed by atoms with Gasteiger partial charge in [0.1, 0.15) is 12.2 Å². The Kier molecular flexibility index (Phi) is 6.13. The fraction of sp³-hybridized carbons (Fsp3) is 0.211. The summed E-state index contributed by atoms with van der Waals surface area (Å²) in [6, 6.07) is 15.4. The third kappa shape index (κ3) is 5.99. The van der Waals surface area contributed by atoms with Crippen molar-refractivity contribution in [2.45, 2.75) is 26.4 Å². The predicted molar refractivity (Wildman–Crippen MR) is 95.2 cm³/mol. The summed E-state index contributed by atoms with van der Waals surface area (Å²) in [5.41, 5.74) is 1.62. The van der Waals surface area contributed by atoms with Crippen LogP contribution < -0.4 is 15.4 Å². The molecule has 0 unspecified atom stereocenters. The fourth-order valence-electron chi connectivity index (χ4n) is 2.07. The van der Waals surface area contributed by atoms with Crippen LogP contribution in [0.5, 0.6) is 5.75 Å². The fourth-order valence-corrected chi connectivity index (χ4v) is 2.07. The van der Waals surface area contributed by atoms with Crippen LogP contribution in [0.25, 0.3) is 0 Å². The Bertz CT molecular complexity index is 775. The molecule has 0 saturated carbocycles. The second-order valence-electron chi connectivity index (χ2n) is 5.65. The van der Waals surface area contributed by atoms with E-state index in [0.717, 1.165) is 0 Å². The largest absolute Gasteiger partial charge is 0.491 e. The van der Waals surface area contributed by atoms with Crippen molar-refractivity contribution in [2.75, 3.05) is 10.6 Å². The van der Waals surface area contributed by atoms with E-state index in [1.807, 2.05) is 19.9 Å². The van der Waals surface area contributed by atoms with Crippen molar-refractivity contribution in [3.8, 4) is 11.8 Å². The minimum Gasteiger partial charge on any atom is -0.491 e. The lowest BCUT2D eigenvalue weighted by Gasteiger charge is -2.10. The summed E-state index contributed by atoms with van der Waals surface area (Å²) in [7, 11) is 0. The summed E-state index contributed by atoms with van der Waals surface area (Å²) in [6.07, 6.45) is -0.226. The Morgan fingerprint density at radius 1 is 0.960 bits per heavy atom. The van der Waals surface area contributed by atoms with Gasteiger partial charge in [-0.15, -0.1) is 0 Å². The monoisotopic (exact) mass is 337 g/mol. The molecular formula is C19H19N3O3. The molecule has 2 aromatic carbocycles.